The molecule has 1 aromatic rings. The normalized spacial score (nSPS) is 11.9. The minimum Gasteiger partial charge on any atom is -0.337 e. The minimum absolute atomic E-state index is 0.313. The molecule has 1 rings (SSSR count). The van der Waals surface area contributed by atoms with E-state index in [1.54, 1.807) is 23.9 Å². The highest BCUT2D eigenvalue weighted by atomic mass is 32.2. The molecule has 0 aliphatic heterocycles. The molecule has 0 unspecified atom stereocenters. The number of nitrogens with one attached hydrogen (secondary N) is 2. The molecular weight excluding hydrogens is 227 g/mol. The largest absolute Gasteiger partial charge is 0.337 e. The van der Waals surface area contributed by atoms with Gasteiger partial charge in [0.05, 0.1) is 0 Å². The van der Waals surface area contributed by atoms with E-state index >= 15 is 0 Å². The van der Waals surface area contributed by atoms with Gasteiger partial charge in [-0.15, -0.1) is 0 Å². The predicted molar refractivity (Wildman–Crippen MR) is 66.4 cm³/mol. The van der Waals surface area contributed by atoms with Crippen molar-refractivity contribution in [1.82, 2.24) is 5.32 Å². The summed E-state index contributed by atoms with van der Waals surface area (Å²) >= 11 is 1.67. The van der Waals surface area contributed by atoms with E-state index in [9.17, 15) is 9.18 Å². The van der Waals surface area contributed by atoms with Gasteiger partial charge < -0.3 is 10.6 Å². The number of anilines is 1. The Morgan fingerprint density at radius 3 is 2.94 bits per heavy atom. The minimum atomic E-state index is -0.365. The van der Waals surface area contributed by atoms with Crippen molar-refractivity contribution in [3.05, 3.63) is 30.1 Å². The Balaban J connectivity index is 2.40. The first-order valence-corrected chi connectivity index (χ1v) is 6.24. The van der Waals surface area contributed by atoms with E-state index in [-0.39, 0.29) is 11.8 Å². The molecule has 1 atom stereocenters. The highest BCUT2D eigenvalue weighted by Gasteiger charge is 2.04. The Morgan fingerprint density at radius 2 is 2.31 bits per heavy atom. The van der Waals surface area contributed by atoms with Crippen molar-refractivity contribution in [2.24, 2.45) is 0 Å². The van der Waals surface area contributed by atoms with Gasteiger partial charge in [0.15, 0.2) is 0 Å². The van der Waals surface area contributed by atoms with Crippen molar-refractivity contribution in [2.75, 3.05) is 18.1 Å². The number of hydrogen-bond acceptors (Lipinski definition) is 2. The summed E-state index contributed by atoms with van der Waals surface area (Å²) in [6.45, 7) is 2.61. The molecule has 88 valence electrons. The third kappa shape index (κ3) is 4.53. The number of halogens is 1. The van der Waals surface area contributed by atoms with Crippen LogP contribution in [0.4, 0.5) is 14.9 Å². The monoisotopic (exact) mass is 242 g/mol. The zero-order chi connectivity index (χ0) is 12.0. The molecule has 0 radical (unpaired) electrons. The third-order valence-corrected chi connectivity index (χ3v) is 3.01. The van der Waals surface area contributed by atoms with E-state index in [1.165, 1.54) is 12.1 Å². The molecule has 16 heavy (non-hydrogen) atoms. The molecule has 0 saturated carbocycles. The Labute approximate surface area is 98.8 Å². The van der Waals surface area contributed by atoms with Gasteiger partial charge in [0, 0.05) is 17.5 Å². The number of benzene rings is 1. The maximum Gasteiger partial charge on any atom is 0.319 e. The molecule has 0 aliphatic carbocycles. The second kappa shape index (κ2) is 6.37. The average molecular weight is 242 g/mol. The van der Waals surface area contributed by atoms with Crippen molar-refractivity contribution in [2.45, 2.75) is 12.2 Å². The molecule has 0 spiro atoms. The molecule has 5 heteroatoms. The first-order valence-electron chi connectivity index (χ1n) is 4.95. The molecule has 0 aliphatic rings. The Hall–Kier alpha value is -1.23. The van der Waals surface area contributed by atoms with Crippen LogP contribution in [0.15, 0.2) is 24.3 Å². The first kappa shape index (κ1) is 12.8. The van der Waals surface area contributed by atoms with E-state index in [0.29, 0.717) is 17.5 Å². The summed E-state index contributed by atoms with van der Waals surface area (Å²) in [4.78, 5) is 11.4. The Kier molecular flexibility index (Phi) is 5.11. The first-order chi connectivity index (χ1) is 7.61. The number of carbonyl (C=O) groups is 1. The van der Waals surface area contributed by atoms with Gasteiger partial charge in [-0.1, -0.05) is 13.0 Å². The summed E-state index contributed by atoms with van der Waals surface area (Å²) in [5.74, 6) is -0.365. The van der Waals surface area contributed by atoms with Crippen LogP contribution in [0, 0.1) is 5.82 Å². The van der Waals surface area contributed by atoms with E-state index in [2.05, 4.69) is 10.6 Å². The van der Waals surface area contributed by atoms with Crippen LogP contribution in [-0.2, 0) is 0 Å². The summed E-state index contributed by atoms with van der Waals surface area (Å²) in [5, 5.41) is 5.63. The molecule has 0 fully saturated rings. The summed E-state index contributed by atoms with van der Waals surface area (Å²) in [7, 11) is 0. The molecule has 0 heterocycles. The van der Waals surface area contributed by atoms with Crippen molar-refractivity contribution in [3.8, 4) is 0 Å². The lowest BCUT2D eigenvalue weighted by Crippen LogP contribution is -2.33. The van der Waals surface area contributed by atoms with Gasteiger partial charge in [0.25, 0.3) is 0 Å². The summed E-state index contributed by atoms with van der Waals surface area (Å²) < 4.78 is 12.8. The standard InChI is InChI=1S/C11H15FN2OS/c1-8(16-2)7-13-11(15)14-10-5-3-4-9(12)6-10/h3-6,8H,7H2,1-2H3,(H2,13,14,15)/t8-/m0/s1. The molecule has 1 aromatic carbocycles. The lowest BCUT2D eigenvalue weighted by atomic mass is 10.3. The van der Waals surface area contributed by atoms with Gasteiger partial charge in [0.1, 0.15) is 5.82 Å². The molecule has 3 nitrogen and oxygen atoms in total. The number of thioether (sulfide) groups is 1. The quantitative estimate of drug-likeness (QED) is 0.852. The van der Waals surface area contributed by atoms with Gasteiger partial charge in [-0.3, -0.25) is 0 Å². The van der Waals surface area contributed by atoms with E-state index in [0.717, 1.165) is 0 Å². The molecule has 0 aromatic heterocycles. The fourth-order valence-electron chi connectivity index (χ4n) is 1.06. The SMILES string of the molecule is CS[C@@H](C)CNC(=O)Nc1cccc(F)c1. The average Bonchev–Trinajstić information content (AvgIpc) is 2.26. The lowest BCUT2D eigenvalue weighted by Gasteiger charge is -2.10. The number of hydrogen-bond donors (Lipinski definition) is 2. The van der Waals surface area contributed by atoms with Gasteiger partial charge >= 0.3 is 6.03 Å². The van der Waals surface area contributed by atoms with Crippen LogP contribution in [0.3, 0.4) is 0 Å². The van der Waals surface area contributed by atoms with Crippen molar-refractivity contribution in [3.63, 3.8) is 0 Å². The van der Waals surface area contributed by atoms with E-state index in [1.807, 2.05) is 13.2 Å². The molecule has 0 saturated heterocycles. The third-order valence-electron chi connectivity index (χ3n) is 2.03. The molecule has 2 N–H and O–H groups in total. The van der Waals surface area contributed by atoms with Gasteiger partial charge in [-0.25, -0.2) is 9.18 Å². The van der Waals surface area contributed by atoms with Crippen LogP contribution in [0.1, 0.15) is 6.92 Å². The van der Waals surface area contributed by atoms with Gasteiger partial charge in [0.2, 0.25) is 0 Å². The van der Waals surface area contributed by atoms with Crippen molar-refractivity contribution in [1.29, 1.82) is 0 Å². The number of amides is 2. The number of urea groups is 1. The maximum absolute atomic E-state index is 12.8. The van der Waals surface area contributed by atoms with Crippen LogP contribution in [0.25, 0.3) is 0 Å². The number of rotatable bonds is 4. The summed E-state index contributed by atoms with van der Waals surface area (Å²) in [6.07, 6.45) is 1.98. The second-order valence-corrected chi connectivity index (χ2v) is 4.67. The van der Waals surface area contributed by atoms with Crippen LogP contribution in [0.5, 0.6) is 0 Å². The summed E-state index contributed by atoms with van der Waals surface area (Å²) in [6, 6.07) is 5.48. The van der Waals surface area contributed by atoms with Gasteiger partial charge in [-0.05, 0) is 24.5 Å². The highest BCUT2D eigenvalue weighted by Crippen LogP contribution is 2.08. The van der Waals surface area contributed by atoms with Crippen LogP contribution >= 0.6 is 11.8 Å². The molecular formula is C11H15FN2OS. The number of carbonyl (C=O) groups excluding carboxylic acids is 1. The lowest BCUT2D eigenvalue weighted by molar-refractivity contribution is 0.252. The smallest absolute Gasteiger partial charge is 0.319 e. The van der Waals surface area contributed by atoms with Crippen LogP contribution < -0.4 is 10.6 Å². The highest BCUT2D eigenvalue weighted by molar-refractivity contribution is 7.99. The topological polar surface area (TPSA) is 41.1 Å². The predicted octanol–water partition coefficient (Wildman–Crippen LogP) is 2.70. The Morgan fingerprint density at radius 1 is 1.56 bits per heavy atom. The van der Waals surface area contributed by atoms with Crippen LogP contribution in [-0.4, -0.2) is 24.1 Å². The van der Waals surface area contributed by atoms with Crippen molar-refractivity contribution < 1.29 is 9.18 Å². The van der Waals surface area contributed by atoms with Crippen molar-refractivity contribution >= 4 is 23.5 Å². The van der Waals surface area contributed by atoms with E-state index in [4.69, 9.17) is 0 Å². The summed E-state index contributed by atoms with van der Waals surface area (Å²) in [5.41, 5.74) is 0.453. The second-order valence-electron chi connectivity index (χ2n) is 3.39. The zero-order valence-electron chi connectivity index (χ0n) is 9.29. The van der Waals surface area contributed by atoms with Gasteiger partial charge in [-0.2, -0.15) is 11.8 Å². The molecule has 2 amide bonds. The van der Waals surface area contributed by atoms with E-state index < -0.39 is 0 Å². The van der Waals surface area contributed by atoms with Crippen LogP contribution in [0.2, 0.25) is 0 Å². The fraction of sp³-hybridized carbons (Fsp3) is 0.364. The Bertz CT molecular complexity index is 360. The molecule has 0 bridgehead atoms. The zero-order valence-corrected chi connectivity index (χ0v) is 10.1. The fourth-order valence-corrected chi connectivity index (χ4v) is 1.31. The maximum atomic E-state index is 12.8.